The minimum Gasteiger partial charge on any atom is -0.396 e. The highest BCUT2D eigenvalue weighted by Crippen LogP contribution is 2.34. The number of nitrogens with one attached hydrogen (secondary N) is 2. The predicted molar refractivity (Wildman–Crippen MR) is 77.9 cm³/mol. The predicted octanol–water partition coefficient (Wildman–Crippen LogP) is 1.54. The summed E-state index contributed by atoms with van der Waals surface area (Å²) < 4.78 is 0. The number of amides is 1. The first-order chi connectivity index (χ1) is 9.06. The van der Waals surface area contributed by atoms with E-state index in [4.69, 9.17) is 5.11 Å². The molecule has 3 N–H and O–H groups in total. The van der Waals surface area contributed by atoms with Crippen LogP contribution in [-0.4, -0.2) is 37.3 Å². The van der Waals surface area contributed by atoms with Gasteiger partial charge in [-0.2, -0.15) is 0 Å². The van der Waals surface area contributed by atoms with Gasteiger partial charge in [-0.15, -0.1) is 0 Å². The van der Waals surface area contributed by atoms with Crippen LogP contribution in [0.15, 0.2) is 0 Å². The van der Waals surface area contributed by atoms with E-state index in [0.29, 0.717) is 18.4 Å². The van der Waals surface area contributed by atoms with E-state index in [1.165, 1.54) is 0 Å². The first-order valence-corrected chi connectivity index (χ1v) is 7.66. The van der Waals surface area contributed by atoms with Gasteiger partial charge in [-0.05, 0) is 37.6 Å². The molecule has 1 aliphatic heterocycles. The lowest BCUT2D eigenvalue weighted by Crippen LogP contribution is -2.47. The quantitative estimate of drug-likeness (QED) is 0.627. The van der Waals surface area contributed by atoms with Crippen molar-refractivity contribution < 1.29 is 9.90 Å². The molecule has 1 heterocycles. The summed E-state index contributed by atoms with van der Waals surface area (Å²) in [4.78, 5) is 12.5. The summed E-state index contributed by atoms with van der Waals surface area (Å²) in [6.07, 6.45) is 3.86. The molecular formula is C15H30N2O2. The maximum Gasteiger partial charge on any atom is 0.227 e. The summed E-state index contributed by atoms with van der Waals surface area (Å²) in [6.45, 7) is 9.02. The van der Waals surface area contributed by atoms with Crippen LogP contribution in [0, 0.1) is 17.3 Å². The fraction of sp³-hybridized carbons (Fsp3) is 0.933. The average molecular weight is 270 g/mol. The number of carbonyl (C=O) groups excluding carboxylic acids is 1. The van der Waals surface area contributed by atoms with Crippen molar-refractivity contribution in [3.8, 4) is 0 Å². The van der Waals surface area contributed by atoms with Crippen molar-refractivity contribution in [2.45, 2.75) is 46.5 Å². The van der Waals surface area contributed by atoms with Crippen molar-refractivity contribution in [1.82, 2.24) is 10.6 Å². The molecule has 0 radical (unpaired) electrons. The fourth-order valence-corrected chi connectivity index (χ4v) is 3.01. The molecule has 1 amide bonds. The topological polar surface area (TPSA) is 61.4 Å². The number of aliphatic hydroxyl groups is 1. The monoisotopic (exact) mass is 270 g/mol. The molecule has 1 saturated heterocycles. The van der Waals surface area contributed by atoms with Crippen LogP contribution in [0.25, 0.3) is 0 Å². The molecule has 4 heteroatoms. The van der Waals surface area contributed by atoms with Crippen molar-refractivity contribution in [2.24, 2.45) is 17.3 Å². The maximum absolute atomic E-state index is 12.5. The van der Waals surface area contributed by atoms with E-state index in [-0.39, 0.29) is 17.9 Å². The van der Waals surface area contributed by atoms with Crippen LogP contribution in [0.2, 0.25) is 0 Å². The Morgan fingerprint density at radius 1 is 1.42 bits per heavy atom. The van der Waals surface area contributed by atoms with Crippen LogP contribution in [-0.2, 0) is 4.79 Å². The van der Waals surface area contributed by atoms with Crippen LogP contribution >= 0.6 is 0 Å². The van der Waals surface area contributed by atoms with Gasteiger partial charge in [0.25, 0.3) is 0 Å². The summed E-state index contributed by atoms with van der Waals surface area (Å²) in [5.74, 6) is 0.939. The molecule has 1 fully saturated rings. The molecule has 0 aromatic rings. The highest BCUT2D eigenvalue weighted by atomic mass is 16.3. The third-order valence-corrected chi connectivity index (χ3v) is 4.53. The second kappa shape index (κ2) is 7.85. The Balaban J connectivity index is 2.52. The molecule has 1 aliphatic rings. The number of hydrogen-bond acceptors (Lipinski definition) is 3. The lowest BCUT2D eigenvalue weighted by molar-refractivity contribution is -0.132. The van der Waals surface area contributed by atoms with Gasteiger partial charge in [0.15, 0.2) is 0 Å². The van der Waals surface area contributed by atoms with Gasteiger partial charge in [0.05, 0.1) is 5.41 Å². The number of hydrogen-bond donors (Lipinski definition) is 3. The van der Waals surface area contributed by atoms with Crippen LogP contribution in [0.3, 0.4) is 0 Å². The summed E-state index contributed by atoms with van der Waals surface area (Å²) in [5.41, 5.74) is -0.240. The van der Waals surface area contributed by atoms with Gasteiger partial charge >= 0.3 is 0 Å². The Morgan fingerprint density at radius 3 is 2.63 bits per heavy atom. The zero-order valence-corrected chi connectivity index (χ0v) is 12.7. The van der Waals surface area contributed by atoms with E-state index in [2.05, 4.69) is 31.4 Å². The van der Waals surface area contributed by atoms with Gasteiger partial charge in [0.1, 0.15) is 0 Å². The van der Waals surface area contributed by atoms with E-state index < -0.39 is 0 Å². The molecule has 4 nitrogen and oxygen atoms in total. The van der Waals surface area contributed by atoms with Crippen LogP contribution in [0.5, 0.6) is 0 Å². The Labute approximate surface area is 117 Å². The van der Waals surface area contributed by atoms with Crippen molar-refractivity contribution in [3.63, 3.8) is 0 Å². The molecule has 0 spiro atoms. The van der Waals surface area contributed by atoms with E-state index in [9.17, 15) is 4.79 Å². The number of aliphatic hydroxyl groups excluding tert-OH is 1. The van der Waals surface area contributed by atoms with Gasteiger partial charge < -0.3 is 15.7 Å². The first-order valence-electron chi connectivity index (χ1n) is 7.66. The van der Waals surface area contributed by atoms with Gasteiger partial charge in [0, 0.05) is 19.7 Å². The third kappa shape index (κ3) is 4.18. The van der Waals surface area contributed by atoms with Crippen molar-refractivity contribution >= 4 is 5.91 Å². The second-order valence-electron chi connectivity index (χ2n) is 6.11. The summed E-state index contributed by atoms with van der Waals surface area (Å²) in [7, 11) is 0. The minimum absolute atomic E-state index is 0.187. The Bertz CT molecular complexity index is 267. The van der Waals surface area contributed by atoms with Gasteiger partial charge in [0.2, 0.25) is 5.91 Å². The van der Waals surface area contributed by atoms with Gasteiger partial charge in [-0.25, -0.2) is 0 Å². The Hall–Kier alpha value is -0.610. The van der Waals surface area contributed by atoms with Crippen LogP contribution in [0.1, 0.15) is 46.5 Å². The molecule has 1 rings (SSSR count). The van der Waals surface area contributed by atoms with Crippen LogP contribution in [0.4, 0.5) is 0 Å². The molecule has 0 aromatic carbocycles. The molecule has 0 aromatic heterocycles. The van der Waals surface area contributed by atoms with E-state index in [1.54, 1.807) is 0 Å². The van der Waals surface area contributed by atoms with Gasteiger partial charge in [-0.3, -0.25) is 4.79 Å². The van der Waals surface area contributed by atoms with E-state index in [0.717, 1.165) is 38.8 Å². The fourth-order valence-electron chi connectivity index (χ4n) is 3.01. The smallest absolute Gasteiger partial charge is 0.227 e. The van der Waals surface area contributed by atoms with Crippen molar-refractivity contribution in [3.05, 3.63) is 0 Å². The zero-order chi connectivity index (χ0) is 14.3. The lowest BCUT2D eigenvalue weighted by atomic mass is 9.75. The third-order valence-electron chi connectivity index (χ3n) is 4.53. The maximum atomic E-state index is 12.5. The molecular weight excluding hydrogens is 240 g/mol. The summed E-state index contributed by atoms with van der Waals surface area (Å²) >= 11 is 0. The molecule has 19 heavy (non-hydrogen) atoms. The summed E-state index contributed by atoms with van der Waals surface area (Å²) in [5, 5.41) is 15.5. The van der Waals surface area contributed by atoms with Crippen molar-refractivity contribution in [1.29, 1.82) is 0 Å². The lowest BCUT2D eigenvalue weighted by Gasteiger charge is -2.31. The largest absolute Gasteiger partial charge is 0.396 e. The molecule has 112 valence electrons. The highest BCUT2D eigenvalue weighted by Gasteiger charge is 2.43. The average Bonchev–Trinajstić information content (AvgIpc) is 2.86. The van der Waals surface area contributed by atoms with Gasteiger partial charge in [-0.1, -0.05) is 27.2 Å². The molecule has 0 aliphatic carbocycles. The first kappa shape index (κ1) is 16.4. The highest BCUT2D eigenvalue weighted by molar-refractivity contribution is 5.83. The summed E-state index contributed by atoms with van der Waals surface area (Å²) in [6, 6.07) is 0. The molecule has 2 atom stereocenters. The molecule has 0 bridgehead atoms. The minimum atomic E-state index is -0.240. The van der Waals surface area contributed by atoms with Crippen molar-refractivity contribution in [2.75, 3.05) is 26.2 Å². The zero-order valence-electron chi connectivity index (χ0n) is 12.7. The SMILES string of the molecule is CCCC(CCO)CNC(=O)C1(C(C)C)CCNC1. The Kier molecular flexibility index (Phi) is 6.80. The van der Waals surface area contributed by atoms with E-state index >= 15 is 0 Å². The standard InChI is InChI=1S/C15H30N2O2/c1-4-5-13(6-9-18)10-17-14(19)15(12(2)3)7-8-16-11-15/h12-13,16,18H,4-11H2,1-3H3,(H,17,19). The number of rotatable bonds is 8. The molecule has 2 unspecified atom stereocenters. The normalized spacial score (nSPS) is 24.7. The molecule has 0 saturated carbocycles. The van der Waals surface area contributed by atoms with Crippen LogP contribution < -0.4 is 10.6 Å². The second-order valence-corrected chi connectivity index (χ2v) is 6.11. The van der Waals surface area contributed by atoms with E-state index in [1.807, 2.05) is 0 Å². The Morgan fingerprint density at radius 2 is 2.16 bits per heavy atom. The number of carbonyl (C=O) groups is 1.